The molecular formula is C12H17NO5. The molecule has 0 saturated carbocycles. The molecule has 0 spiro atoms. The van der Waals surface area contributed by atoms with Crippen molar-refractivity contribution in [1.82, 2.24) is 4.90 Å². The average molecular weight is 255 g/mol. The predicted molar refractivity (Wildman–Crippen MR) is 63.1 cm³/mol. The number of ketones is 1. The largest absolute Gasteiger partial charge is 0.467 e. The van der Waals surface area contributed by atoms with E-state index in [4.69, 9.17) is 5.11 Å². The summed E-state index contributed by atoms with van der Waals surface area (Å²) in [7, 11) is 1.17. The lowest BCUT2D eigenvalue weighted by Crippen LogP contribution is -2.48. The van der Waals surface area contributed by atoms with Crippen molar-refractivity contribution in [3.63, 3.8) is 0 Å². The molecule has 0 bridgehead atoms. The highest BCUT2D eigenvalue weighted by molar-refractivity contribution is 6.02. The molecule has 1 N–H and O–H groups in total. The highest BCUT2D eigenvalue weighted by Crippen LogP contribution is 2.41. The van der Waals surface area contributed by atoms with Gasteiger partial charge in [0.25, 0.3) is 0 Å². The van der Waals surface area contributed by atoms with Crippen LogP contribution in [0.25, 0.3) is 0 Å². The van der Waals surface area contributed by atoms with Crippen molar-refractivity contribution in [2.24, 2.45) is 5.41 Å². The maximum Gasteiger partial charge on any atom is 0.408 e. The number of Topliss-reactive ketones (excluding diaryl/α,β-unsaturated/α-hetero) is 1. The van der Waals surface area contributed by atoms with Gasteiger partial charge in [0.1, 0.15) is 6.04 Å². The van der Waals surface area contributed by atoms with Crippen molar-refractivity contribution < 1.29 is 24.2 Å². The second-order valence-electron chi connectivity index (χ2n) is 4.57. The maximum absolute atomic E-state index is 12.2. The Morgan fingerprint density at radius 3 is 2.56 bits per heavy atom. The molecule has 0 aromatic rings. The summed E-state index contributed by atoms with van der Waals surface area (Å²) in [5.74, 6) is -1.01. The van der Waals surface area contributed by atoms with Gasteiger partial charge in [-0.2, -0.15) is 0 Å². The van der Waals surface area contributed by atoms with E-state index in [0.29, 0.717) is 0 Å². The van der Waals surface area contributed by atoms with E-state index in [0.717, 1.165) is 4.90 Å². The zero-order valence-electron chi connectivity index (χ0n) is 10.7. The molecule has 1 heterocycles. The Labute approximate surface area is 105 Å². The van der Waals surface area contributed by atoms with Gasteiger partial charge < -0.3 is 9.84 Å². The zero-order chi connectivity index (χ0) is 14.1. The van der Waals surface area contributed by atoms with Crippen molar-refractivity contribution in [2.45, 2.75) is 32.4 Å². The summed E-state index contributed by atoms with van der Waals surface area (Å²) in [5, 5.41) is 9.16. The third kappa shape index (κ3) is 1.87. The number of carbonyl (C=O) groups excluding carboxylic acids is 2. The number of carbonyl (C=O) groups is 3. The van der Waals surface area contributed by atoms with Crippen LogP contribution in [0.3, 0.4) is 0 Å². The Kier molecular flexibility index (Phi) is 3.79. The van der Waals surface area contributed by atoms with Crippen LogP contribution >= 0.6 is 0 Å². The number of ether oxygens (including phenoxy) is 1. The molecule has 0 aromatic carbocycles. The molecule has 100 valence electrons. The number of likely N-dealkylation sites (tertiary alicyclic amines) is 1. The van der Waals surface area contributed by atoms with Gasteiger partial charge in [0.2, 0.25) is 0 Å². The van der Waals surface area contributed by atoms with E-state index in [-0.39, 0.29) is 12.2 Å². The number of carboxylic acid groups (broad SMARTS) is 1. The summed E-state index contributed by atoms with van der Waals surface area (Å²) in [6.45, 7) is 6.59. The first kappa shape index (κ1) is 14.2. The number of nitrogens with zero attached hydrogens (tertiary/aromatic N) is 1. The van der Waals surface area contributed by atoms with Crippen LogP contribution < -0.4 is 0 Å². The lowest BCUT2D eigenvalue weighted by Gasteiger charge is -2.29. The van der Waals surface area contributed by atoms with Crippen molar-refractivity contribution in [3.05, 3.63) is 12.7 Å². The van der Waals surface area contributed by atoms with E-state index in [1.165, 1.54) is 20.1 Å². The number of esters is 1. The van der Waals surface area contributed by atoms with Crippen LogP contribution in [0.2, 0.25) is 0 Å². The van der Waals surface area contributed by atoms with Gasteiger partial charge in [-0.15, -0.1) is 6.58 Å². The third-order valence-corrected chi connectivity index (χ3v) is 3.45. The molecule has 0 aliphatic carbocycles. The van der Waals surface area contributed by atoms with Crippen molar-refractivity contribution >= 4 is 17.8 Å². The molecule has 1 saturated heterocycles. The molecule has 3 unspecified atom stereocenters. The highest BCUT2D eigenvalue weighted by atomic mass is 16.5. The predicted octanol–water partition coefficient (Wildman–Crippen LogP) is 1.06. The van der Waals surface area contributed by atoms with Crippen molar-refractivity contribution in [1.29, 1.82) is 0 Å². The summed E-state index contributed by atoms with van der Waals surface area (Å²) in [5.41, 5.74) is -1.12. The summed E-state index contributed by atoms with van der Waals surface area (Å²) in [6.07, 6.45) is 0.421. The first-order chi connectivity index (χ1) is 8.31. The van der Waals surface area contributed by atoms with E-state index in [1.807, 2.05) is 0 Å². The van der Waals surface area contributed by atoms with Gasteiger partial charge in [-0.25, -0.2) is 9.59 Å². The van der Waals surface area contributed by atoms with Gasteiger partial charge >= 0.3 is 12.1 Å². The van der Waals surface area contributed by atoms with Crippen molar-refractivity contribution in [2.75, 3.05) is 7.11 Å². The van der Waals surface area contributed by atoms with E-state index in [2.05, 4.69) is 11.3 Å². The molecule has 1 aliphatic rings. The first-order valence-corrected chi connectivity index (χ1v) is 5.55. The molecule has 0 aromatic heterocycles. The third-order valence-electron chi connectivity index (χ3n) is 3.45. The number of hydrogen-bond acceptors (Lipinski definition) is 4. The van der Waals surface area contributed by atoms with Gasteiger partial charge in [-0.3, -0.25) is 9.69 Å². The number of rotatable bonds is 3. The lowest BCUT2D eigenvalue weighted by molar-refractivity contribution is -0.149. The fourth-order valence-electron chi connectivity index (χ4n) is 2.54. The van der Waals surface area contributed by atoms with Crippen LogP contribution in [-0.4, -0.2) is 47.0 Å². The molecule has 1 rings (SSSR count). The Morgan fingerprint density at radius 1 is 1.61 bits per heavy atom. The van der Waals surface area contributed by atoms with Gasteiger partial charge in [-0.1, -0.05) is 6.08 Å². The molecule has 6 nitrogen and oxygen atoms in total. The molecule has 18 heavy (non-hydrogen) atoms. The van der Waals surface area contributed by atoms with Crippen LogP contribution in [-0.2, 0) is 14.3 Å². The van der Waals surface area contributed by atoms with Gasteiger partial charge in [0.15, 0.2) is 5.78 Å². The molecule has 1 amide bonds. The zero-order valence-corrected chi connectivity index (χ0v) is 10.7. The quantitative estimate of drug-likeness (QED) is 0.602. The van der Waals surface area contributed by atoms with Crippen LogP contribution in [0.15, 0.2) is 12.7 Å². The second kappa shape index (κ2) is 4.80. The number of amides is 1. The van der Waals surface area contributed by atoms with Gasteiger partial charge in [0.05, 0.1) is 18.6 Å². The molecular weight excluding hydrogens is 238 g/mol. The minimum Gasteiger partial charge on any atom is -0.467 e. The summed E-state index contributed by atoms with van der Waals surface area (Å²) in [4.78, 5) is 36.1. The molecule has 6 heteroatoms. The van der Waals surface area contributed by atoms with Gasteiger partial charge in [0, 0.05) is 0 Å². The lowest BCUT2D eigenvalue weighted by atomic mass is 9.77. The summed E-state index contributed by atoms with van der Waals surface area (Å²) >= 11 is 0. The number of methoxy groups -OCH3 is 1. The first-order valence-electron chi connectivity index (χ1n) is 5.55. The molecule has 1 aliphatic heterocycles. The second-order valence-corrected chi connectivity index (χ2v) is 4.57. The van der Waals surface area contributed by atoms with Crippen LogP contribution in [0.1, 0.15) is 20.3 Å². The fraction of sp³-hybridized carbons (Fsp3) is 0.583. The minimum absolute atomic E-state index is 0.222. The summed E-state index contributed by atoms with van der Waals surface area (Å²) < 4.78 is 4.62. The van der Waals surface area contributed by atoms with Crippen LogP contribution in [0.4, 0.5) is 4.79 Å². The average Bonchev–Trinajstić information content (AvgIpc) is 2.50. The van der Waals surface area contributed by atoms with Gasteiger partial charge in [-0.05, 0) is 20.3 Å². The number of allylic oxidation sites excluding steroid dienone is 1. The smallest absolute Gasteiger partial charge is 0.408 e. The van der Waals surface area contributed by atoms with E-state index >= 15 is 0 Å². The Bertz CT molecular complexity index is 405. The van der Waals surface area contributed by atoms with E-state index in [9.17, 15) is 14.4 Å². The van der Waals surface area contributed by atoms with Crippen LogP contribution in [0, 0.1) is 5.41 Å². The van der Waals surface area contributed by atoms with Crippen molar-refractivity contribution in [3.8, 4) is 0 Å². The molecule has 3 atom stereocenters. The standard InChI is InChI=1S/C12H17NO5/c1-5-6-12(3)8(10(15)18-4)13(11(16)17)7(2)9(12)14/h5,7-8H,1,6H2,2-4H3,(H,16,17). The fourth-order valence-corrected chi connectivity index (χ4v) is 2.54. The normalized spacial score (nSPS) is 31.3. The van der Waals surface area contributed by atoms with Crippen LogP contribution in [0.5, 0.6) is 0 Å². The van der Waals surface area contributed by atoms with E-state index in [1.54, 1.807) is 6.92 Å². The summed E-state index contributed by atoms with van der Waals surface area (Å²) in [6, 6.07) is -1.99. The SMILES string of the molecule is C=CCC1(C)C(=O)C(C)N(C(=O)O)C1C(=O)OC. The number of hydrogen-bond donors (Lipinski definition) is 1. The Morgan fingerprint density at radius 2 is 2.17 bits per heavy atom. The minimum atomic E-state index is -1.31. The Balaban J connectivity index is 3.32. The monoisotopic (exact) mass is 255 g/mol. The highest BCUT2D eigenvalue weighted by Gasteiger charge is 2.59. The van der Waals surface area contributed by atoms with E-state index < -0.39 is 29.6 Å². The Hall–Kier alpha value is -1.85. The topological polar surface area (TPSA) is 83.9 Å². The maximum atomic E-state index is 12.2. The molecule has 1 fully saturated rings. The molecule has 0 radical (unpaired) electrons.